The van der Waals surface area contributed by atoms with Gasteiger partial charge in [0.1, 0.15) is 51.3 Å². The van der Waals surface area contributed by atoms with Gasteiger partial charge in [-0.2, -0.15) is 5.26 Å². The number of methoxy groups -OCH3 is 4. The van der Waals surface area contributed by atoms with Crippen molar-refractivity contribution in [2.45, 2.75) is 65.5 Å². The maximum absolute atomic E-state index is 9.45. The highest BCUT2D eigenvalue weighted by Crippen LogP contribution is 2.42. The van der Waals surface area contributed by atoms with E-state index in [1.807, 2.05) is 6.07 Å². The Morgan fingerprint density at radius 3 is 1.57 bits per heavy atom. The first-order valence-electron chi connectivity index (χ1n) is 20.1. The van der Waals surface area contributed by atoms with E-state index in [2.05, 4.69) is 167 Å². The van der Waals surface area contributed by atoms with Gasteiger partial charge in [-0.25, -0.2) is 9.97 Å². The number of hydrogen-bond donors (Lipinski definition) is 0. The first kappa shape index (κ1) is 44.8. The fraction of sp³-hybridized carbons (Fsp3) is 0.327. The maximum Gasteiger partial charge on any atom is 0.146 e. The second-order valence-corrected chi connectivity index (χ2v) is 17.1. The third-order valence-electron chi connectivity index (χ3n) is 10.9. The Hall–Kier alpha value is -4.74. The molecule has 7 aromatic rings. The quantitative estimate of drug-likeness (QED) is 0.100. The summed E-state index contributed by atoms with van der Waals surface area (Å²) in [7, 11) is 6.76. The van der Waals surface area contributed by atoms with Crippen LogP contribution in [-0.2, 0) is 22.6 Å². The Bertz CT molecular complexity index is 2590. The summed E-state index contributed by atoms with van der Waals surface area (Å²) in [6.07, 6.45) is 0. The number of ether oxygens (including phenoxy) is 4. The first-order valence-corrected chi connectivity index (χ1v) is 22.0. The van der Waals surface area contributed by atoms with Crippen LogP contribution in [0.4, 0.5) is 0 Å². The molecule has 0 N–H and O–H groups in total. The predicted octanol–water partition coefficient (Wildman–Crippen LogP) is 12.4. The van der Waals surface area contributed by atoms with Gasteiger partial charge in [0.15, 0.2) is 0 Å². The van der Waals surface area contributed by atoms with Gasteiger partial charge >= 0.3 is 0 Å². The van der Waals surface area contributed by atoms with E-state index in [9.17, 15) is 5.26 Å². The molecular formula is C49H53BrIN5O4. The predicted molar refractivity (Wildman–Crippen MR) is 254 cm³/mol. The molecule has 0 spiro atoms. The number of benzene rings is 5. The van der Waals surface area contributed by atoms with E-state index in [0.717, 1.165) is 64.2 Å². The number of halogens is 2. The molecule has 0 saturated carbocycles. The van der Waals surface area contributed by atoms with Gasteiger partial charge in [-0.1, -0.05) is 113 Å². The Morgan fingerprint density at radius 1 is 0.650 bits per heavy atom. The van der Waals surface area contributed by atoms with Gasteiger partial charge in [0.2, 0.25) is 0 Å². The number of aromatic nitrogens is 4. The van der Waals surface area contributed by atoms with Crippen LogP contribution < -0.4 is 9.47 Å². The van der Waals surface area contributed by atoms with Crippen LogP contribution in [0.25, 0.3) is 44.8 Å². The molecule has 0 fully saturated rings. The van der Waals surface area contributed by atoms with E-state index in [4.69, 9.17) is 28.9 Å². The van der Waals surface area contributed by atoms with Gasteiger partial charge in [0, 0.05) is 54.9 Å². The third kappa shape index (κ3) is 9.27. The summed E-state index contributed by atoms with van der Waals surface area (Å²) in [6.45, 7) is 13.5. The molecule has 2 heterocycles. The fourth-order valence-electron chi connectivity index (χ4n) is 7.42. The third-order valence-corrected chi connectivity index (χ3v) is 12.8. The average molecular weight is 983 g/mol. The molecule has 312 valence electrons. The van der Waals surface area contributed by atoms with Gasteiger partial charge in [-0.3, -0.25) is 0 Å². The van der Waals surface area contributed by atoms with Crippen molar-refractivity contribution < 1.29 is 18.9 Å². The summed E-state index contributed by atoms with van der Waals surface area (Å²) in [4.78, 5) is 10.0. The zero-order valence-electron chi connectivity index (χ0n) is 35.8. The van der Waals surface area contributed by atoms with Crippen molar-refractivity contribution in [1.29, 1.82) is 5.26 Å². The molecule has 0 bridgehead atoms. The molecule has 0 radical (unpaired) electrons. The molecule has 9 nitrogen and oxygen atoms in total. The molecule has 0 aliphatic rings. The summed E-state index contributed by atoms with van der Waals surface area (Å²) in [5.41, 5.74) is 11.3. The molecule has 1 atom stereocenters. The minimum absolute atomic E-state index is 0.191. The topological polar surface area (TPSA) is 96.4 Å². The van der Waals surface area contributed by atoms with Crippen LogP contribution >= 0.6 is 38.5 Å². The van der Waals surface area contributed by atoms with Crippen LogP contribution in [0.3, 0.4) is 0 Å². The normalized spacial score (nSPS) is 11.9. The largest absolute Gasteiger partial charge is 0.494 e. The summed E-state index contributed by atoms with van der Waals surface area (Å²) in [6, 6.07) is 33.9. The van der Waals surface area contributed by atoms with E-state index in [-0.39, 0.29) is 5.92 Å². The highest BCUT2D eigenvalue weighted by Gasteiger charge is 2.24. The smallest absolute Gasteiger partial charge is 0.146 e. The van der Waals surface area contributed by atoms with Gasteiger partial charge < -0.3 is 28.1 Å². The summed E-state index contributed by atoms with van der Waals surface area (Å²) in [5.74, 6) is 4.39. The minimum Gasteiger partial charge on any atom is -0.494 e. The number of nitrogens with zero attached hydrogens (tertiary/aromatic N) is 5. The highest BCUT2D eigenvalue weighted by atomic mass is 127. The molecule has 1 unspecified atom stereocenters. The SMILES string of the molecule is COCCn1c(-c2ccc(C(C)C)cc2)nc2c(Br)c(C(C)c3ccccc3)cc(OC)c21.COCCn1c(-c2ccc(C(C)C)cc2)nc2c(I)c(C#N)cc(OC)c21. The van der Waals surface area contributed by atoms with Crippen molar-refractivity contribution in [2.24, 2.45) is 0 Å². The monoisotopic (exact) mass is 981 g/mol. The Kier molecular flexibility index (Phi) is 15.1. The zero-order chi connectivity index (χ0) is 43.1. The standard InChI is InChI=1S/C28H31BrN2O2.C21H22IN3O2/c1-18(2)20-11-13-22(14-12-20)28-30-26-25(29)23(19(3)21-9-7-6-8-10-21)17-24(33-5)27(26)31(28)15-16-32-4;1-13(2)14-5-7-15(8-6-14)21-24-19-18(22)16(12-23)11-17(27-4)20(19)25(21)9-10-26-3/h6-14,17-19H,15-16H2,1-5H3;5-8,11,13H,9-10H2,1-4H3. The van der Waals surface area contributed by atoms with E-state index in [1.165, 1.54) is 16.7 Å². The lowest BCUT2D eigenvalue weighted by Crippen LogP contribution is -2.07. The summed E-state index contributed by atoms with van der Waals surface area (Å²) >= 11 is 6.09. The van der Waals surface area contributed by atoms with Crippen molar-refractivity contribution in [3.8, 4) is 40.3 Å². The van der Waals surface area contributed by atoms with Gasteiger partial charge in [-0.15, -0.1) is 0 Å². The highest BCUT2D eigenvalue weighted by molar-refractivity contribution is 14.1. The Morgan fingerprint density at radius 2 is 1.12 bits per heavy atom. The molecular weight excluding hydrogens is 929 g/mol. The van der Waals surface area contributed by atoms with Crippen LogP contribution in [0.1, 0.15) is 80.2 Å². The lowest BCUT2D eigenvalue weighted by atomic mass is 9.92. The Balaban J connectivity index is 0.000000205. The lowest BCUT2D eigenvalue weighted by molar-refractivity contribution is 0.188. The molecule has 0 saturated heterocycles. The van der Waals surface area contributed by atoms with Crippen LogP contribution in [0.2, 0.25) is 0 Å². The second kappa shape index (κ2) is 20.2. The van der Waals surface area contributed by atoms with Crippen LogP contribution in [0, 0.1) is 14.9 Å². The molecule has 5 aromatic carbocycles. The molecule has 0 amide bonds. The lowest BCUT2D eigenvalue weighted by Gasteiger charge is -2.17. The molecule has 2 aromatic heterocycles. The van der Waals surface area contributed by atoms with Crippen molar-refractivity contribution >= 4 is 60.6 Å². The van der Waals surface area contributed by atoms with Gasteiger partial charge in [0.25, 0.3) is 0 Å². The fourth-order valence-corrected chi connectivity index (χ4v) is 8.80. The van der Waals surface area contributed by atoms with Crippen LogP contribution in [0.15, 0.2) is 95.5 Å². The summed E-state index contributed by atoms with van der Waals surface area (Å²) in [5, 5.41) is 9.45. The molecule has 0 aliphatic heterocycles. The summed E-state index contributed by atoms with van der Waals surface area (Å²) < 4.78 is 28.4. The van der Waals surface area contributed by atoms with Crippen LogP contribution in [-0.4, -0.2) is 60.8 Å². The van der Waals surface area contributed by atoms with E-state index >= 15 is 0 Å². The average Bonchev–Trinajstić information content (AvgIpc) is 3.86. The van der Waals surface area contributed by atoms with Gasteiger partial charge in [-0.05, 0) is 78.7 Å². The number of rotatable bonds is 14. The second-order valence-electron chi connectivity index (χ2n) is 15.3. The number of imidazole rings is 2. The molecule has 11 heteroatoms. The maximum atomic E-state index is 9.45. The van der Waals surface area contributed by atoms with Gasteiger partial charge in [0.05, 0.1) is 36.6 Å². The zero-order valence-corrected chi connectivity index (χ0v) is 39.6. The van der Waals surface area contributed by atoms with Crippen molar-refractivity contribution in [2.75, 3.05) is 41.7 Å². The van der Waals surface area contributed by atoms with Crippen LogP contribution in [0.5, 0.6) is 11.5 Å². The number of fused-ring (bicyclic) bond motifs is 2. The number of hydrogen-bond acceptors (Lipinski definition) is 7. The first-order chi connectivity index (χ1) is 29.0. The Labute approximate surface area is 375 Å². The van der Waals surface area contributed by atoms with Crippen molar-refractivity contribution in [1.82, 2.24) is 19.1 Å². The van der Waals surface area contributed by atoms with Crippen molar-refractivity contribution in [3.63, 3.8) is 0 Å². The number of nitriles is 1. The van der Waals surface area contributed by atoms with E-state index in [1.54, 1.807) is 34.5 Å². The van der Waals surface area contributed by atoms with E-state index in [0.29, 0.717) is 49.5 Å². The molecule has 7 rings (SSSR count). The minimum atomic E-state index is 0.191. The molecule has 60 heavy (non-hydrogen) atoms. The molecule has 0 aliphatic carbocycles. The van der Waals surface area contributed by atoms with E-state index < -0.39 is 0 Å². The van der Waals surface area contributed by atoms with Crippen molar-refractivity contribution in [3.05, 3.63) is 127 Å².